The van der Waals surface area contributed by atoms with E-state index in [1.807, 2.05) is 12.1 Å². The second kappa shape index (κ2) is 6.95. The molecule has 0 spiro atoms. The summed E-state index contributed by atoms with van der Waals surface area (Å²) in [5.74, 6) is 0.638. The molecule has 0 bridgehead atoms. The Hall–Kier alpha value is -0.530. The van der Waals surface area contributed by atoms with E-state index in [1.54, 1.807) is 0 Å². The Morgan fingerprint density at radius 3 is 2.50 bits per heavy atom. The lowest BCUT2D eigenvalue weighted by atomic mass is 9.95. The van der Waals surface area contributed by atoms with Crippen LogP contribution in [-0.4, -0.2) is 23.5 Å². The minimum Gasteiger partial charge on any atom is -0.298 e. The van der Waals surface area contributed by atoms with Crippen molar-refractivity contribution in [2.24, 2.45) is 0 Å². The lowest BCUT2D eigenvalue weighted by Gasteiger charge is -2.31. The first kappa shape index (κ1) is 15.9. The molecule has 1 saturated heterocycles. The fourth-order valence-electron chi connectivity index (χ4n) is 3.29. The normalized spacial score (nSPS) is 20.2. The van der Waals surface area contributed by atoms with Crippen LogP contribution in [0.2, 0.25) is 5.02 Å². The summed E-state index contributed by atoms with van der Waals surface area (Å²) in [5, 5.41) is 0.831. The summed E-state index contributed by atoms with van der Waals surface area (Å²) in [6, 6.07) is 8.33. The number of halogens is 1. The number of nitrogens with zero attached hydrogens (tertiary/aromatic N) is 1. The van der Waals surface area contributed by atoms with Crippen molar-refractivity contribution in [1.82, 2.24) is 4.90 Å². The number of benzene rings is 1. The van der Waals surface area contributed by atoms with Gasteiger partial charge in [0.25, 0.3) is 0 Å². The smallest absolute Gasteiger partial charge is 0.0406 e. The van der Waals surface area contributed by atoms with Gasteiger partial charge < -0.3 is 0 Å². The van der Waals surface area contributed by atoms with Gasteiger partial charge >= 0.3 is 0 Å². The maximum Gasteiger partial charge on any atom is 0.0406 e. The average Bonchev–Trinajstić information content (AvgIpc) is 2.74. The van der Waals surface area contributed by atoms with Crippen LogP contribution in [0.4, 0.5) is 0 Å². The molecular formula is C18H28ClN. The third-order valence-corrected chi connectivity index (χ3v) is 5.08. The van der Waals surface area contributed by atoms with Gasteiger partial charge in [0.05, 0.1) is 0 Å². The molecule has 1 aliphatic heterocycles. The first-order valence-electron chi connectivity index (χ1n) is 7.99. The summed E-state index contributed by atoms with van der Waals surface area (Å²) < 4.78 is 0. The SMILES string of the molecule is CC(CCCCN1CCCC1(C)C)c1ccc(Cl)cc1. The second-order valence-electron chi connectivity index (χ2n) is 6.85. The predicted octanol–water partition coefficient (Wildman–Crippen LogP) is 5.49. The van der Waals surface area contributed by atoms with E-state index in [-0.39, 0.29) is 0 Å². The Morgan fingerprint density at radius 2 is 1.90 bits per heavy atom. The van der Waals surface area contributed by atoms with E-state index in [0.29, 0.717) is 11.5 Å². The number of hydrogen-bond donors (Lipinski definition) is 0. The fourth-order valence-corrected chi connectivity index (χ4v) is 3.41. The maximum atomic E-state index is 5.94. The van der Waals surface area contributed by atoms with Crippen LogP contribution in [0.3, 0.4) is 0 Å². The molecule has 2 heteroatoms. The van der Waals surface area contributed by atoms with E-state index in [2.05, 4.69) is 37.8 Å². The average molecular weight is 294 g/mol. The van der Waals surface area contributed by atoms with Crippen molar-refractivity contribution in [2.45, 2.75) is 64.3 Å². The van der Waals surface area contributed by atoms with Crippen molar-refractivity contribution in [2.75, 3.05) is 13.1 Å². The molecule has 0 amide bonds. The van der Waals surface area contributed by atoms with Crippen LogP contribution in [0.15, 0.2) is 24.3 Å². The maximum absolute atomic E-state index is 5.94. The first-order valence-corrected chi connectivity index (χ1v) is 8.37. The van der Waals surface area contributed by atoms with Crippen molar-refractivity contribution >= 4 is 11.6 Å². The van der Waals surface area contributed by atoms with Crippen molar-refractivity contribution in [3.8, 4) is 0 Å². The number of hydrogen-bond acceptors (Lipinski definition) is 1. The molecule has 112 valence electrons. The highest BCUT2D eigenvalue weighted by molar-refractivity contribution is 6.30. The highest BCUT2D eigenvalue weighted by Crippen LogP contribution is 2.29. The quantitative estimate of drug-likeness (QED) is 0.627. The molecule has 0 saturated carbocycles. The standard InChI is InChI=1S/C18H28ClN/c1-15(16-8-10-17(19)11-9-16)7-4-5-13-20-14-6-12-18(20,2)3/h8-11,15H,4-7,12-14H2,1-3H3. The highest BCUT2D eigenvalue weighted by atomic mass is 35.5. The third kappa shape index (κ3) is 4.23. The van der Waals surface area contributed by atoms with Gasteiger partial charge in [-0.3, -0.25) is 4.90 Å². The zero-order valence-electron chi connectivity index (χ0n) is 13.2. The van der Waals surface area contributed by atoms with Crippen molar-refractivity contribution in [1.29, 1.82) is 0 Å². The van der Waals surface area contributed by atoms with Crippen molar-refractivity contribution < 1.29 is 0 Å². The minimum absolute atomic E-state index is 0.432. The highest BCUT2D eigenvalue weighted by Gasteiger charge is 2.30. The molecule has 1 nitrogen and oxygen atoms in total. The van der Waals surface area contributed by atoms with Gasteiger partial charge in [0.2, 0.25) is 0 Å². The summed E-state index contributed by atoms with van der Waals surface area (Å²) in [6.07, 6.45) is 6.63. The third-order valence-electron chi connectivity index (χ3n) is 4.83. The van der Waals surface area contributed by atoms with Gasteiger partial charge in [-0.05, 0) is 76.2 Å². The van der Waals surface area contributed by atoms with Crippen LogP contribution in [0, 0.1) is 0 Å². The molecule has 0 N–H and O–H groups in total. The number of rotatable bonds is 6. The van der Waals surface area contributed by atoms with Crippen LogP contribution < -0.4 is 0 Å². The summed E-state index contributed by atoms with van der Waals surface area (Å²) in [4.78, 5) is 2.67. The van der Waals surface area contributed by atoms with Crippen LogP contribution in [-0.2, 0) is 0 Å². The van der Waals surface area contributed by atoms with Crippen molar-refractivity contribution in [3.05, 3.63) is 34.9 Å². The molecule has 1 aromatic rings. The van der Waals surface area contributed by atoms with Gasteiger partial charge in [0.15, 0.2) is 0 Å². The monoisotopic (exact) mass is 293 g/mol. The first-order chi connectivity index (χ1) is 9.49. The molecule has 20 heavy (non-hydrogen) atoms. The fraction of sp³-hybridized carbons (Fsp3) is 0.667. The van der Waals surface area contributed by atoms with E-state index in [1.165, 1.54) is 50.8 Å². The van der Waals surface area contributed by atoms with Gasteiger partial charge in [0, 0.05) is 10.6 Å². The number of unbranched alkanes of at least 4 members (excludes halogenated alkanes) is 1. The van der Waals surface area contributed by atoms with E-state index >= 15 is 0 Å². The van der Waals surface area contributed by atoms with Crippen molar-refractivity contribution in [3.63, 3.8) is 0 Å². The largest absolute Gasteiger partial charge is 0.298 e. The Kier molecular flexibility index (Phi) is 5.51. The van der Waals surface area contributed by atoms with Gasteiger partial charge in [-0.1, -0.05) is 37.1 Å². The zero-order valence-corrected chi connectivity index (χ0v) is 13.9. The molecule has 0 aromatic heterocycles. The topological polar surface area (TPSA) is 3.24 Å². The molecule has 0 aliphatic carbocycles. The molecule has 1 fully saturated rings. The molecular weight excluding hydrogens is 266 g/mol. The molecule has 1 heterocycles. The lowest BCUT2D eigenvalue weighted by molar-refractivity contribution is 0.171. The van der Waals surface area contributed by atoms with Gasteiger partial charge in [-0.15, -0.1) is 0 Å². The Labute approximate surface area is 129 Å². The van der Waals surface area contributed by atoms with Crippen LogP contribution >= 0.6 is 11.6 Å². The molecule has 1 atom stereocenters. The molecule has 1 aliphatic rings. The van der Waals surface area contributed by atoms with Crippen LogP contribution in [0.1, 0.15) is 64.4 Å². The molecule has 1 aromatic carbocycles. The zero-order chi connectivity index (χ0) is 14.6. The van der Waals surface area contributed by atoms with E-state index < -0.39 is 0 Å². The van der Waals surface area contributed by atoms with Crippen LogP contribution in [0.5, 0.6) is 0 Å². The Morgan fingerprint density at radius 1 is 1.20 bits per heavy atom. The summed E-state index contributed by atoms with van der Waals surface area (Å²) in [7, 11) is 0. The molecule has 0 radical (unpaired) electrons. The van der Waals surface area contributed by atoms with Gasteiger partial charge in [0.1, 0.15) is 0 Å². The molecule has 1 unspecified atom stereocenters. The molecule has 2 rings (SSSR count). The predicted molar refractivity (Wildman–Crippen MR) is 88.6 cm³/mol. The van der Waals surface area contributed by atoms with E-state index in [4.69, 9.17) is 11.6 Å². The Bertz CT molecular complexity index is 410. The van der Waals surface area contributed by atoms with Gasteiger partial charge in [-0.2, -0.15) is 0 Å². The summed E-state index contributed by atoms with van der Waals surface area (Å²) in [6.45, 7) is 9.65. The Balaban J connectivity index is 1.69. The summed E-state index contributed by atoms with van der Waals surface area (Å²) >= 11 is 5.94. The van der Waals surface area contributed by atoms with E-state index in [0.717, 1.165) is 5.02 Å². The lowest BCUT2D eigenvalue weighted by Crippen LogP contribution is -2.38. The minimum atomic E-state index is 0.432. The second-order valence-corrected chi connectivity index (χ2v) is 7.29. The van der Waals surface area contributed by atoms with Crippen LogP contribution in [0.25, 0.3) is 0 Å². The number of likely N-dealkylation sites (tertiary alicyclic amines) is 1. The van der Waals surface area contributed by atoms with Gasteiger partial charge in [-0.25, -0.2) is 0 Å². The van der Waals surface area contributed by atoms with E-state index in [9.17, 15) is 0 Å². The summed E-state index contributed by atoms with van der Waals surface area (Å²) in [5.41, 5.74) is 1.85.